The van der Waals surface area contributed by atoms with Crippen LogP contribution in [0.2, 0.25) is 0 Å². The van der Waals surface area contributed by atoms with Crippen LogP contribution in [0.1, 0.15) is 23.2 Å². The molecule has 0 saturated carbocycles. The first-order chi connectivity index (χ1) is 12.6. The minimum absolute atomic E-state index is 0.0712. The number of hydrogen-bond donors (Lipinski definition) is 0. The average Bonchev–Trinajstić information content (AvgIpc) is 3.29. The average molecular weight is 438 g/mol. The van der Waals surface area contributed by atoms with E-state index in [2.05, 4.69) is 20.9 Å². The predicted octanol–water partition coefficient (Wildman–Crippen LogP) is 4.93. The molecule has 1 aromatic carbocycles. The summed E-state index contributed by atoms with van der Waals surface area (Å²) in [6.07, 6.45) is 0. The molecule has 2 heterocycles. The standard InChI is InChI=1S/C18H16BrNO5S/c1-3-23-13-5-4-11(8-15(13)22-2)17-20-12(10-26-17)9-24-18(21)14-6-7-16(19)25-14/h4-8,10H,3,9H2,1-2H3. The molecule has 0 amide bonds. The highest BCUT2D eigenvalue weighted by atomic mass is 79.9. The molecular formula is C18H16BrNO5S. The first-order valence-electron chi connectivity index (χ1n) is 7.78. The van der Waals surface area contributed by atoms with E-state index in [9.17, 15) is 4.79 Å². The number of esters is 1. The minimum atomic E-state index is -0.534. The summed E-state index contributed by atoms with van der Waals surface area (Å²) in [6, 6.07) is 8.83. The van der Waals surface area contributed by atoms with Gasteiger partial charge in [-0.05, 0) is 53.2 Å². The molecule has 0 aliphatic rings. The van der Waals surface area contributed by atoms with Gasteiger partial charge < -0.3 is 18.6 Å². The van der Waals surface area contributed by atoms with E-state index in [0.29, 0.717) is 28.5 Å². The molecular weight excluding hydrogens is 422 g/mol. The number of nitrogens with zero attached hydrogens (tertiary/aromatic N) is 1. The van der Waals surface area contributed by atoms with Crippen LogP contribution in [0, 0.1) is 0 Å². The number of aromatic nitrogens is 1. The Labute approximate surface area is 162 Å². The summed E-state index contributed by atoms with van der Waals surface area (Å²) in [6.45, 7) is 2.56. The second kappa shape index (κ2) is 8.37. The van der Waals surface area contributed by atoms with Crippen LogP contribution in [-0.2, 0) is 11.3 Å². The molecule has 0 bridgehead atoms. The van der Waals surface area contributed by atoms with E-state index in [0.717, 1.165) is 10.6 Å². The SMILES string of the molecule is CCOc1ccc(-c2nc(COC(=O)c3ccc(Br)o3)cs2)cc1OC. The number of thiazole rings is 1. The highest BCUT2D eigenvalue weighted by Crippen LogP contribution is 2.33. The lowest BCUT2D eigenvalue weighted by Crippen LogP contribution is -2.04. The Bertz CT molecular complexity index is 905. The van der Waals surface area contributed by atoms with E-state index in [1.54, 1.807) is 19.2 Å². The van der Waals surface area contributed by atoms with Gasteiger partial charge in [-0.3, -0.25) is 0 Å². The van der Waals surface area contributed by atoms with E-state index in [-0.39, 0.29) is 12.4 Å². The Balaban J connectivity index is 1.68. The van der Waals surface area contributed by atoms with Crippen LogP contribution in [0.5, 0.6) is 11.5 Å². The summed E-state index contributed by atoms with van der Waals surface area (Å²) in [5.41, 5.74) is 1.57. The van der Waals surface area contributed by atoms with Gasteiger partial charge in [0, 0.05) is 10.9 Å². The molecule has 0 radical (unpaired) electrons. The molecule has 6 nitrogen and oxygen atoms in total. The number of rotatable bonds is 7. The van der Waals surface area contributed by atoms with E-state index in [4.69, 9.17) is 18.6 Å². The van der Waals surface area contributed by atoms with Crippen molar-refractivity contribution in [1.29, 1.82) is 0 Å². The van der Waals surface area contributed by atoms with Crippen LogP contribution in [0.3, 0.4) is 0 Å². The highest BCUT2D eigenvalue weighted by molar-refractivity contribution is 9.10. The Morgan fingerprint density at radius 1 is 1.27 bits per heavy atom. The second-order valence-corrected chi connectivity index (χ2v) is 6.76. The topological polar surface area (TPSA) is 70.8 Å². The molecule has 26 heavy (non-hydrogen) atoms. The van der Waals surface area contributed by atoms with Gasteiger partial charge in [-0.25, -0.2) is 9.78 Å². The molecule has 0 N–H and O–H groups in total. The first kappa shape index (κ1) is 18.5. The Morgan fingerprint density at radius 2 is 2.12 bits per heavy atom. The summed E-state index contributed by atoms with van der Waals surface area (Å²) in [5, 5.41) is 2.65. The molecule has 0 aliphatic carbocycles. The van der Waals surface area contributed by atoms with E-state index < -0.39 is 5.97 Å². The van der Waals surface area contributed by atoms with Crippen LogP contribution in [0.4, 0.5) is 0 Å². The van der Waals surface area contributed by atoms with Gasteiger partial charge in [0.1, 0.15) is 11.6 Å². The summed E-state index contributed by atoms with van der Waals surface area (Å²) in [5.74, 6) is 0.946. The van der Waals surface area contributed by atoms with Crippen molar-refractivity contribution in [3.63, 3.8) is 0 Å². The third kappa shape index (κ3) is 4.25. The normalized spacial score (nSPS) is 10.6. The van der Waals surface area contributed by atoms with Gasteiger partial charge in [0.05, 0.1) is 19.4 Å². The van der Waals surface area contributed by atoms with Gasteiger partial charge in [0.15, 0.2) is 16.2 Å². The Kier molecular flexibility index (Phi) is 5.95. The van der Waals surface area contributed by atoms with E-state index in [1.165, 1.54) is 11.3 Å². The monoisotopic (exact) mass is 437 g/mol. The van der Waals surface area contributed by atoms with Crippen molar-refractivity contribution in [2.75, 3.05) is 13.7 Å². The van der Waals surface area contributed by atoms with Crippen molar-refractivity contribution in [3.05, 3.63) is 51.8 Å². The molecule has 0 saturated heterocycles. The number of ether oxygens (including phenoxy) is 3. The van der Waals surface area contributed by atoms with Crippen molar-refractivity contribution in [2.24, 2.45) is 0 Å². The molecule has 0 atom stereocenters. The van der Waals surface area contributed by atoms with Gasteiger partial charge in [-0.2, -0.15) is 0 Å². The summed E-state index contributed by atoms with van der Waals surface area (Å²) >= 11 is 4.61. The van der Waals surface area contributed by atoms with Crippen molar-refractivity contribution >= 4 is 33.2 Å². The summed E-state index contributed by atoms with van der Waals surface area (Å²) in [7, 11) is 1.60. The van der Waals surface area contributed by atoms with Crippen molar-refractivity contribution in [2.45, 2.75) is 13.5 Å². The largest absolute Gasteiger partial charge is 0.493 e. The summed E-state index contributed by atoms with van der Waals surface area (Å²) < 4.78 is 21.7. The number of halogens is 1. The number of carbonyl (C=O) groups is 1. The molecule has 0 spiro atoms. The zero-order valence-corrected chi connectivity index (χ0v) is 16.6. The Morgan fingerprint density at radius 3 is 2.81 bits per heavy atom. The van der Waals surface area contributed by atoms with Crippen LogP contribution in [0.25, 0.3) is 10.6 Å². The number of methoxy groups -OCH3 is 1. The van der Waals surface area contributed by atoms with Gasteiger partial charge in [-0.1, -0.05) is 0 Å². The van der Waals surface area contributed by atoms with E-state index >= 15 is 0 Å². The molecule has 0 aliphatic heterocycles. The predicted molar refractivity (Wildman–Crippen MR) is 101 cm³/mol. The molecule has 2 aromatic heterocycles. The summed E-state index contributed by atoms with van der Waals surface area (Å²) in [4.78, 5) is 16.4. The lowest BCUT2D eigenvalue weighted by molar-refractivity contribution is 0.0430. The van der Waals surface area contributed by atoms with Gasteiger partial charge in [-0.15, -0.1) is 11.3 Å². The van der Waals surface area contributed by atoms with Crippen LogP contribution in [-0.4, -0.2) is 24.7 Å². The maximum absolute atomic E-state index is 11.9. The second-order valence-electron chi connectivity index (χ2n) is 5.12. The molecule has 3 aromatic rings. The highest BCUT2D eigenvalue weighted by Gasteiger charge is 2.14. The van der Waals surface area contributed by atoms with Crippen LogP contribution >= 0.6 is 27.3 Å². The van der Waals surface area contributed by atoms with Crippen molar-refractivity contribution in [3.8, 4) is 22.1 Å². The van der Waals surface area contributed by atoms with Crippen molar-refractivity contribution in [1.82, 2.24) is 4.98 Å². The lowest BCUT2D eigenvalue weighted by atomic mass is 10.2. The molecule has 0 fully saturated rings. The quantitative estimate of drug-likeness (QED) is 0.488. The minimum Gasteiger partial charge on any atom is -0.493 e. The number of hydrogen-bond acceptors (Lipinski definition) is 7. The van der Waals surface area contributed by atoms with Crippen LogP contribution < -0.4 is 9.47 Å². The van der Waals surface area contributed by atoms with Crippen molar-refractivity contribution < 1.29 is 23.4 Å². The van der Waals surface area contributed by atoms with E-state index in [1.807, 2.05) is 30.5 Å². The first-order valence-corrected chi connectivity index (χ1v) is 9.46. The number of furan rings is 1. The lowest BCUT2D eigenvalue weighted by Gasteiger charge is -2.09. The number of carbonyl (C=O) groups excluding carboxylic acids is 1. The Hall–Kier alpha value is -2.32. The van der Waals surface area contributed by atoms with Gasteiger partial charge in [0.2, 0.25) is 5.76 Å². The maximum atomic E-state index is 11.9. The maximum Gasteiger partial charge on any atom is 0.374 e. The molecule has 0 unspecified atom stereocenters. The van der Waals surface area contributed by atoms with Gasteiger partial charge in [0.25, 0.3) is 0 Å². The third-order valence-corrected chi connectivity index (χ3v) is 4.75. The zero-order chi connectivity index (χ0) is 18.5. The van der Waals surface area contributed by atoms with Gasteiger partial charge >= 0.3 is 5.97 Å². The fourth-order valence-electron chi connectivity index (χ4n) is 2.22. The zero-order valence-electron chi connectivity index (χ0n) is 14.2. The number of benzene rings is 1. The molecule has 136 valence electrons. The smallest absolute Gasteiger partial charge is 0.374 e. The fraction of sp³-hybridized carbons (Fsp3) is 0.222. The fourth-order valence-corrected chi connectivity index (χ4v) is 3.32. The molecule has 8 heteroatoms. The third-order valence-electron chi connectivity index (χ3n) is 3.39. The van der Waals surface area contributed by atoms with Crippen LogP contribution in [0.15, 0.2) is 44.8 Å². The molecule has 3 rings (SSSR count).